The Hall–Kier alpha value is -1.02. The Morgan fingerprint density at radius 3 is 1.90 bits per heavy atom. The molecule has 2 heteroatoms. The van der Waals surface area contributed by atoms with Gasteiger partial charge in [0.2, 0.25) is 0 Å². The van der Waals surface area contributed by atoms with E-state index in [4.69, 9.17) is 5.90 Å². The normalized spacial score (nSPS) is 7.50. The lowest BCUT2D eigenvalue weighted by Crippen LogP contribution is -2.00. The van der Waals surface area contributed by atoms with Crippen LogP contribution in [-0.4, -0.2) is 0 Å². The highest BCUT2D eigenvalue weighted by molar-refractivity contribution is 5.20. The van der Waals surface area contributed by atoms with Crippen LogP contribution in [0.4, 0.5) is 0 Å². The Balaban J connectivity index is 0.000000371. The maximum absolute atomic E-state index is 4.85. The monoisotopic (exact) mass is 139 g/mol. The van der Waals surface area contributed by atoms with Crippen molar-refractivity contribution in [3.8, 4) is 5.75 Å². The maximum atomic E-state index is 4.85. The van der Waals surface area contributed by atoms with E-state index in [2.05, 4.69) is 4.84 Å². The van der Waals surface area contributed by atoms with Gasteiger partial charge in [0, 0.05) is 0 Å². The standard InChI is InChI=1S/C6H7NO.C2H6/c7-8-6-4-2-1-3-5-6;1-2/h1-5H,7H2;1-2H3. The molecular formula is C8H13NO. The van der Waals surface area contributed by atoms with Crippen molar-refractivity contribution >= 4 is 0 Å². The lowest BCUT2D eigenvalue weighted by Gasteiger charge is -1.92. The van der Waals surface area contributed by atoms with Crippen molar-refractivity contribution in [3.63, 3.8) is 0 Å². The number of nitrogens with two attached hydrogens (primary N) is 1. The van der Waals surface area contributed by atoms with E-state index in [-0.39, 0.29) is 0 Å². The van der Waals surface area contributed by atoms with Crippen LogP contribution in [-0.2, 0) is 0 Å². The van der Waals surface area contributed by atoms with Crippen LogP contribution >= 0.6 is 0 Å². The predicted molar refractivity (Wildman–Crippen MR) is 42.6 cm³/mol. The van der Waals surface area contributed by atoms with Gasteiger partial charge in [0.15, 0.2) is 0 Å². The molecule has 0 spiro atoms. The molecular weight excluding hydrogens is 126 g/mol. The summed E-state index contributed by atoms with van der Waals surface area (Å²) in [6.07, 6.45) is 0. The minimum Gasteiger partial charge on any atom is -0.412 e. The van der Waals surface area contributed by atoms with Gasteiger partial charge in [-0.15, -0.1) is 0 Å². The first kappa shape index (κ1) is 8.98. The molecule has 2 N–H and O–H groups in total. The van der Waals surface area contributed by atoms with Crippen LogP contribution in [0.25, 0.3) is 0 Å². The molecule has 10 heavy (non-hydrogen) atoms. The Morgan fingerprint density at radius 2 is 1.60 bits per heavy atom. The Labute approximate surface area is 61.6 Å². The van der Waals surface area contributed by atoms with Crippen molar-refractivity contribution in [1.29, 1.82) is 0 Å². The predicted octanol–water partition coefficient (Wildman–Crippen LogP) is 1.97. The number of benzene rings is 1. The fourth-order valence-electron chi connectivity index (χ4n) is 0.499. The van der Waals surface area contributed by atoms with E-state index in [0.717, 1.165) is 0 Å². The Kier molecular flexibility index (Phi) is 5.48. The Morgan fingerprint density at radius 1 is 1.10 bits per heavy atom. The first-order valence-electron chi connectivity index (χ1n) is 3.35. The molecule has 0 aliphatic heterocycles. The van der Waals surface area contributed by atoms with Crippen LogP contribution < -0.4 is 10.7 Å². The number of rotatable bonds is 1. The summed E-state index contributed by atoms with van der Waals surface area (Å²) in [5, 5.41) is 0. The highest BCUT2D eigenvalue weighted by Crippen LogP contribution is 2.04. The van der Waals surface area contributed by atoms with E-state index < -0.39 is 0 Å². The van der Waals surface area contributed by atoms with Gasteiger partial charge in [-0.1, -0.05) is 32.0 Å². The first-order chi connectivity index (χ1) is 4.93. The molecule has 0 aromatic heterocycles. The van der Waals surface area contributed by atoms with Crippen molar-refractivity contribution in [2.45, 2.75) is 13.8 Å². The molecule has 0 heterocycles. The molecule has 1 rings (SSSR count). The largest absolute Gasteiger partial charge is 0.412 e. The van der Waals surface area contributed by atoms with Gasteiger partial charge in [0.1, 0.15) is 5.75 Å². The molecule has 0 saturated heterocycles. The smallest absolute Gasteiger partial charge is 0.146 e. The summed E-state index contributed by atoms with van der Waals surface area (Å²) in [4.78, 5) is 4.41. The second-order valence-corrected chi connectivity index (χ2v) is 1.43. The minimum atomic E-state index is 0.688. The van der Waals surface area contributed by atoms with E-state index >= 15 is 0 Å². The first-order valence-corrected chi connectivity index (χ1v) is 3.35. The van der Waals surface area contributed by atoms with E-state index in [1.54, 1.807) is 12.1 Å². The SMILES string of the molecule is CC.NOc1ccccc1. The summed E-state index contributed by atoms with van der Waals surface area (Å²) in [5.74, 6) is 5.54. The molecule has 56 valence electrons. The van der Waals surface area contributed by atoms with Gasteiger partial charge in [-0.05, 0) is 12.1 Å². The summed E-state index contributed by atoms with van der Waals surface area (Å²) in [5.41, 5.74) is 0. The fraction of sp³-hybridized carbons (Fsp3) is 0.250. The highest BCUT2D eigenvalue weighted by atomic mass is 16.6. The zero-order valence-electron chi connectivity index (χ0n) is 6.37. The second kappa shape index (κ2) is 6.11. The van der Waals surface area contributed by atoms with Crippen molar-refractivity contribution in [2.75, 3.05) is 0 Å². The van der Waals surface area contributed by atoms with Crippen molar-refractivity contribution in [3.05, 3.63) is 30.3 Å². The molecule has 0 radical (unpaired) electrons. The minimum absolute atomic E-state index is 0.688. The second-order valence-electron chi connectivity index (χ2n) is 1.43. The van der Waals surface area contributed by atoms with Crippen LogP contribution in [0.3, 0.4) is 0 Å². The number of hydrogen-bond acceptors (Lipinski definition) is 2. The third-order valence-electron chi connectivity index (χ3n) is 0.879. The quantitative estimate of drug-likeness (QED) is 0.604. The number of hydrogen-bond donors (Lipinski definition) is 1. The van der Waals surface area contributed by atoms with Gasteiger partial charge in [-0.25, -0.2) is 0 Å². The van der Waals surface area contributed by atoms with E-state index in [9.17, 15) is 0 Å². The van der Waals surface area contributed by atoms with Crippen LogP contribution in [0.15, 0.2) is 30.3 Å². The molecule has 0 aliphatic rings. The zero-order valence-corrected chi connectivity index (χ0v) is 6.37. The number of para-hydroxylation sites is 1. The lowest BCUT2D eigenvalue weighted by molar-refractivity contribution is 0.334. The van der Waals surface area contributed by atoms with E-state index in [0.29, 0.717) is 5.75 Å². The lowest BCUT2D eigenvalue weighted by atomic mass is 10.3. The van der Waals surface area contributed by atoms with Crippen molar-refractivity contribution < 1.29 is 4.84 Å². The van der Waals surface area contributed by atoms with Crippen LogP contribution in [0.2, 0.25) is 0 Å². The van der Waals surface area contributed by atoms with Gasteiger partial charge >= 0.3 is 0 Å². The molecule has 0 aliphatic carbocycles. The van der Waals surface area contributed by atoms with E-state index in [1.165, 1.54) is 0 Å². The van der Waals surface area contributed by atoms with E-state index in [1.807, 2.05) is 32.0 Å². The van der Waals surface area contributed by atoms with Crippen LogP contribution in [0, 0.1) is 0 Å². The molecule has 0 bridgehead atoms. The van der Waals surface area contributed by atoms with Gasteiger partial charge in [0.25, 0.3) is 0 Å². The van der Waals surface area contributed by atoms with Gasteiger partial charge in [0.05, 0.1) is 0 Å². The molecule has 0 amide bonds. The van der Waals surface area contributed by atoms with Gasteiger partial charge in [-0.3, -0.25) is 0 Å². The summed E-state index contributed by atoms with van der Waals surface area (Å²) in [6, 6.07) is 9.22. The summed E-state index contributed by atoms with van der Waals surface area (Å²) in [7, 11) is 0. The molecule has 0 saturated carbocycles. The highest BCUT2D eigenvalue weighted by Gasteiger charge is 1.81. The average molecular weight is 139 g/mol. The fourth-order valence-corrected chi connectivity index (χ4v) is 0.499. The summed E-state index contributed by atoms with van der Waals surface area (Å²) >= 11 is 0. The molecule has 1 aromatic rings. The Bertz CT molecular complexity index is 151. The molecule has 0 atom stereocenters. The van der Waals surface area contributed by atoms with Crippen molar-refractivity contribution in [1.82, 2.24) is 0 Å². The average Bonchev–Trinajstić information content (AvgIpc) is 2.10. The third-order valence-corrected chi connectivity index (χ3v) is 0.879. The van der Waals surface area contributed by atoms with Gasteiger partial charge in [-0.2, -0.15) is 5.90 Å². The maximum Gasteiger partial charge on any atom is 0.146 e. The van der Waals surface area contributed by atoms with Crippen LogP contribution in [0.1, 0.15) is 13.8 Å². The van der Waals surface area contributed by atoms with Crippen LogP contribution in [0.5, 0.6) is 5.75 Å². The van der Waals surface area contributed by atoms with Crippen molar-refractivity contribution in [2.24, 2.45) is 5.90 Å². The molecule has 0 unspecified atom stereocenters. The topological polar surface area (TPSA) is 35.2 Å². The van der Waals surface area contributed by atoms with Gasteiger partial charge < -0.3 is 4.84 Å². The molecule has 2 nitrogen and oxygen atoms in total. The molecule has 1 aromatic carbocycles. The summed E-state index contributed by atoms with van der Waals surface area (Å²) < 4.78 is 0. The summed E-state index contributed by atoms with van der Waals surface area (Å²) in [6.45, 7) is 4.00. The molecule has 0 fully saturated rings. The zero-order chi connectivity index (χ0) is 7.82. The third kappa shape index (κ3) is 3.10.